The number of hydrogen-bond donors (Lipinski definition) is 0. The Morgan fingerprint density at radius 1 is 1.08 bits per heavy atom. The topological polar surface area (TPSA) is 19.9 Å². The van der Waals surface area contributed by atoms with Crippen molar-refractivity contribution in [2.45, 2.75) is 71.8 Å². The first kappa shape index (κ1) is 13.0. The van der Waals surface area contributed by atoms with E-state index in [2.05, 4.69) is 20.8 Å². The summed E-state index contributed by atoms with van der Waals surface area (Å²) < 4.78 is 0. The predicted molar refractivity (Wildman–Crippen MR) is 57.3 cm³/mol. The Morgan fingerprint density at radius 2 is 1.62 bits per heavy atom. The standard InChI is InChI=1S/C12H25O/c1-5-9-10-12(13,8-4)11(6-2)7-3/h11H,5-10H2,1-4H3. The van der Waals surface area contributed by atoms with Crippen LogP contribution in [0.3, 0.4) is 0 Å². The summed E-state index contributed by atoms with van der Waals surface area (Å²) >= 11 is 0. The maximum Gasteiger partial charge on any atom is 0.106 e. The molecule has 1 atom stereocenters. The van der Waals surface area contributed by atoms with Crippen LogP contribution in [0.15, 0.2) is 0 Å². The van der Waals surface area contributed by atoms with Gasteiger partial charge in [0.25, 0.3) is 0 Å². The van der Waals surface area contributed by atoms with Crippen LogP contribution < -0.4 is 0 Å². The second-order valence-electron chi connectivity index (χ2n) is 4.04. The third-order valence-corrected chi connectivity index (χ3v) is 3.28. The molecular weight excluding hydrogens is 160 g/mol. The van der Waals surface area contributed by atoms with E-state index in [1.54, 1.807) is 0 Å². The summed E-state index contributed by atoms with van der Waals surface area (Å²) in [6.45, 7) is 8.48. The molecule has 0 aromatic rings. The minimum atomic E-state index is -0.639. The van der Waals surface area contributed by atoms with Gasteiger partial charge in [0, 0.05) is 0 Å². The summed E-state index contributed by atoms with van der Waals surface area (Å²) in [6.07, 6.45) is 5.97. The van der Waals surface area contributed by atoms with Gasteiger partial charge in [0.15, 0.2) is 0 Å². The zero-order valence-corrected chi connectivity index (χ0v) is 9.73. The van der Waals surface area contributed by atoms with Gasteiger partial charge in [0.1, 0.15) is 5.60 Å². The Kier molecular flexibility index (Phi) is 6.40. The Hall–Kier alpha value is -0.0400. The van der Waals surface area contributed by atoms with Crippen LogP contribution in [-0.2, 0) is 5.11 Å². The van der Waals surface area contributed by atoms with E-state index in [4.69, 9.17) is 0 Å². The highest BCUT2D eigenvalue weighted by atomic mass is 16.3. The van der Waals surface area contributed by atoms with Crippen LogP contribution in [0.5, 0.6) is 0 Å². The molecule has 1 unspecified atom stereocenters. The van der Waals surface area contributed by atoms with Gasteiger partial charge in [-0.05, 0) is 18.8 Å². The highest BCUT2D eigenvalue weighted by molar-refractivity contribution is 4.83. The molecule has 0 spiro atoms. The quantitative estimate of drug-likeness (QED) is 0.566. The van der Waals surface area contributed by atoms with Crippen LogP contribution in [0.25, 0.3) is 0 Å². The lowest BCUT2D eigenvalue weighted by Gasteiger charge is -2.32. The maximum absolute atomic E-state index is 12.4. The first-order valence-electron chi connectivity index (χ1n) is 5.84. The van der Waals surface area contributed by atoms with Gasteiger partial charge in [0.05, 0.1) is 0 Å². The van der Waals surface area contributed by atoms with Gasteiger partial charge < -0.3 is 0 Å². The Morgan fingerprint density at radius 3 is 1.92 bits per heavy atom. The van der Waals surface area contributed by atoms with Gasteiger partial charge in [-0.15, -0.1) is 0 Å². The molecule has 0 rings (SSSR count). The SMILES string of the molecule is CCCCC([O])(CC)C(CC)CC. The molecule has 79 valence electrons. The van der Waals surface area contributed by atoms with Crippen molar-refractivity contribution in [2.75, 3.05) is 0 Å². The van der Waals surface area contributed by atoms with Crippen molar-refractivity contribution in [3.8, 4) is 0 Å². The van der Waals surface area contributed by atoms with E-state index in [1.807, 2.05) is 6.92 Å². The van der Waals surface area contributed by atoms with Crippen LogP contribution >= 0.6 is 0 Å². The van der Waals surface area contributed by atoms with Gasteiger partial charge in [-0.2, -0.15) is 0 Å². The monoisotopic (exact) mass is 185 g/mol. The minimum absolute atomic E-state index is 0.379. The molecule has 0 aliphatic carbocycles. The van der Waals surface area contributed by atoms with Crippen molar-refractivity contribution in [1.82, 2.24) is 0 Å². The summed E-state index contributed by atoms with van der Waals surface area (Å²) in [7, 11) is 0. The average Bonchev–Trinajstić information content (AvgIpc) is 2.16. The van der Waals surface area contributed by atoms with Crippen molar-refractivity contribution in [2.24, 2.45) is 5.92 Å². The maximum atomic E-state index is 12.4. The fourth-order valence-corrected chi connectivity index (χ4v) is 2.18. The van der Waals surface area contributed by atoms with Gasteiger partial charge in [0.2, 0.25) is 0 Å². The van der Waals surface area contributed by atoms with E-state index >= 15 is 0 Å². The largest absolute Gasteiger partial charge is 0.229 e. The van der Waals surface area contributed by atoms with Crippen molar-refractivity contribution >= 4 is 0 Å². The number of unbranched alkanes of at least 4 members (excludes halogenated alkanes) is 1. The Balaban J connectivity index is 4.21. The summed E-state index contributed by atoms with van der Waals surface area (Å²) in [5.41, 5.74) is -0.639. The van der Waals surface area contributed by atoms with Crippen molar-refractivity contribution < 1.29 is 5.11 Å². The van der Waals surface area contributed by atoms with Crippen LogP contribution in [0.1, 0.15) is 66.2 Å². The third-order valence-electron chi connectivity index (χ3n) is 3.28. The van der Waals surface area contributed by atoms with Crippen LogP contribution in [-0.4, -0.2) is 5.60 Å². The number of hydrogen-bond acceptors (Lipinski definition) is 0. The highest BCUT2D eigenvalue weighted by Gasteiger charge is 2.33. The van der Waals surface area contributed by atoms with Crippen molar-refractivity contribution in [3.63, 3.8) is 0 Å². The first-order valence-corrected chi connectivity index (χ1v) is 5.84. The fourth-order valence-electron chi connectivity index (χ4n) is 2.18. The normalized spacial score (nSPS) is 16.2. The molecule has 0 heterocycles. The van der Waals surface area contributed by atoms with Crippen LogP contribution in [0.4, 0.5) is 0 Å². The fraction of sp³-hybridized carbons (Fsp3) is 1.00. The van der Waals surface area contributed by atoms with E-state index in [9.17, 15) is 5.11 Å². The molecule has 0 saturated carbocycles. The molecule has 0 aliphatic heterocycles. The van der Waals surface area contributed by atoms with E-state index in [1.165, 1.54) is 0 Å². The molecule has 1 nitrogen and oxygen atoms in total. The molecular formula is C12H25O. The van der Waals surface area contributed by atoms with E-state index in [0.29, 0.717) is 5.92 Å². The molecule has 13 heavy (non-hydrogen) atoms. The zero-order valence-electron chi connectivity index (χ0n) is 9.73. The van der Waals surface area contributed by atoms with Crippen LogP contribution in [0, 0.1) is 5.92 Å². The lowest BCUT2D eigenvalue weighted by atomic mass is 9.78. The molecule has 0 fully saturated rings. The van der Waals surface area contributed by atoms with Crippen LogP contribution in [0.2, 0.25) is 0 Å². The Labute approximate surface area is 83.5 Å². The lowest BCUT2D eigenvalue weighted by Crippen LogP contribution is -2.35. The van der Waals surface area contributed by atoms with Gasteiger partial charge in [-0.1, -0.05) is 53.4 Å². The summed E-state index contributed by atoms with van der Waals surface area (Å²) in [6, 6.07) is 0. The van der Waals surface area contributed by atoms with E-state index < -0.39 is 5.60 Å². The zero-order chi connectivity index (χ0) is 10.3. The summed E-state index contributed by atoms with van der Waals surface area (Å²) in [5, 5.41) is 12.4. The predicted octanol–water partition coefficient (Wildman–Crippen LogP) is 4.19. The Bertz CT molecular complexity index is 118. The van der Waals surface area contributed by atoms with Gasteiger partial charge >= 0.3 is 0 Å². The summed E-state index contributed by atoms with van der Waals surface area (Å²) in [5.74, 6) is 0.379. The second-order valence-corrected chi connectivity index (χ2v) is 4.04. The van der Waals surface area contributed by atoms with E-state index in [0.717, 1.165) is 38.5 Å². The average molecular weight is 185 g/mol. The first-order chi connectivity index (χ1) is 6.14. The van der Waals surface area contributed by atoms with E-state index in [-0.39, 0.29) is 0 Å². The molecule has 1 heteroatoms. The number of rotatable bonds is 7. The molecule has 0 N–H and O–H groups in total. The third kappa shape index (κ3) is 3.68. The van der Waals surface area contributed by atoms with Crippen molar-refractivity contribution in [3.05, 3.63) is 0 Å². The second kappa shape index (κ2) is 6.42. The van der Waals surface area contributed by atoms with Gasteiger partial charge in [-0.3, -0.25) is 0 Å². The molecule has 0 amide bonds. The minimum Gasteiger partial charge on any atom is -0.229 e. The molecule has 0 aromatic carbocycles. The lowest BCUT2D eigenvalue weighted by molar-refractivity contribution is -0.0911. The smallest absolute Gasteiger partial charge is 0.106 e. The molecule has 0 aromatic heterocycles. The molecule has 1 radical (unpaired) electrons. The molecule has 0 bridgehead atoms. The highest BCUT2D eigenvalue weighted by Crippen LogP contribution is 2.32. The molecule has 0 aliphatic rings. The van der Waals surface area contributed by atoms with Crippen molar-refractivity contribution in [1.29, 1.82) is 0 Å². The summed E-state index contributed by atoms with van der Waals surface area (Å²) in [4.78, 5) is 0. The van der Waals surface area contributed by atoms with Gasteiger partial charge in [-0.25, -0.2) is 5.11 Å². The molecule has 0 saturated heterocycles.